The SMILES string of the molecule is C=C(O[Si](C(C)C)(C(C)C)C(C)C)c1cc(O[Si](C(C)C)(C(C)C)C(C)C)c2c(O[Si](C(C)C)(C(C)C)C(C)C)cc(C(=C)O[Si](C(C)C)(C(C)C)C(C)C)cc2c1. The van der Waals surface area contributed by atoms with Crippen LogP contribution in [0.15, 0.2) is 37.4 Å². The van der Waals surface area contributed by atoms with E-state index in [0.717, 1.165) is 44.9 Å². The van der Waals surface area contributed by atoms with E-state index < -0.39 is 33.3 Å². The monoisotopic (exact) mass is 869 g/mol. The molecule has 4 nitrogen and oxygen atoms in total. The molecule has 0 radical (unpaired) electrons. The van der Waals surface area contributed by atoms with Gasteiger partial charge in [0.2, 0.25) is 0 Å². The van der Waals surface area contributed by atoms with Gasteiger partial charge in [-0.25, -0.2) is 0 Å². The molecule has 0 aliphatic heterocycles. The molecule has 0 atom stereocenters. The molecule has 332 valence electrons. The molecule has 0 aliphatic rings. The molecule has 0 unspecified atom stereocenters. The first kappa shape index (κ1) is 52.4. The quantitative estimate of drug-likeness (QED) is 0.0873. The highest BCUT2D eigenvalue weighted by atomic mass is 28.4. The summed E-state index contributed by atoms with van der Waals surface area (Å²) in [6, 6.07) is 9.10. The summed E-state index contributed by atoms with van der Waals surface area (Å²) in [5.74, 6) is 3.27. The fourth-order valence-electron chi connectivity index (χ4n) is 12.3. The largest absolute Gasteiger partial charge is 0.543 e. The van der Waals surface area contributed by atoms with Crippen LogP contribution in [0, 0.1) is 0 Å². The Hall–Kier alpha value is -1.75. The minimum atomic E-state index is -2.44. The number of hydrogen-bond acceptors (Lipinski definition) is 4. The third kappa shape index (κ3) is 9.65. The molecule has 0 bridgehead atoms. The van der Waals surface area contributed by atoms with Gasteiger partial charge in [-0.3, -0.25) is 0 Å². The molecular formula is C50H92O4Si4. The molecule has 0 aromatic heterocycles. The maximum atomic E-state index is 7.82. The van der Waals surface area contributed by atoms with Crippen LogP contribution in [-0.4, -0.2) is 33.3 Å². The predicted molar refractivity (Wildman–Crippen MR) is 270 cm³/mol. The Morgan fingerprint density at radius 2 is 0.552 bits per heavy atom. The van der Waals surface area contributed by atoms with Crippen LogP contribution in [0.3, 0.4) is 0 Å². The second-order valence-corrected chi connectivity index (χ2v) is 43.1. The van der Waals surface area contributed by atoms with E-state index in [4.69, 9.17) is 30.9 Å². The third-order valence-corrected chi connectivity index (χ3v) is 38.6. The van der Waals surface area contributed by atoms with E-state index in [0.29, 0.717) is 66.5 Å². The van der Waals surface area contributed by atoms with E-state index >= 15 is 0 Å². The maximum Gasteiger partial charge on any atom is 0.258 e. The van der Waals surface area contributed by atoms with E-state index in [9.17, 15) is 0 Å². The zero-order chi connectivity index (χ0) is 45.2. The Morgan fingerprint density at radius 3 is 0.741 bits per heavy atom. The highest BCUT2D eigenvalue weighted by molar-refractivity contribution is 6.80. The Kier molecular flexibility index (Phi) is 18.0. The van der Waals surface area contributed by atoms with Gasteiger partial charge in [-0.15, -0.1) is 0 Å². The molecule has 0 spiro atoms. The van der Waals surface area contributed by atoms with Gasteiger partial charge in [-0.1, -0.05) is 179 Å². The van der Waals surface area contributed by atoms with Gasteiger partial charge in [0, 0.05) is 11.1 Å². The van der Waals surface area contributed by atoms with Gasteiger partial charge >= 0.3 is 0 Å². The molecule has 2 aromatic carbocycles. The Labute approximate surface area is 364 Å². The van der Waals surface area contributed by atoms with Crippen molar-refractivity contribution in [3.63, 3.8) is 0 Å². The Bertz CT molecular complexity index is 1480. The van der Waals surface area contributed by atoms with E-state index in [1.165, 1.54) is 0 Å². The second kappa shape index (κ2) is 20.0. The Morgan fingerprint density at radius 1 is 0.345 bits per heavy atom. The van der Waals surface area contributed by atoms with Gasteiger partial charge < -0.3 is 17.7 Å². The highest BCUT2D eigenvalue weighted by Gasteiger charge is 2.51. The van der Waals surface area contributed by atoms with Gasteiger partial charge in [-0.05, 0) is 96.1 Å². The van der Waals surface area contributed by atoms with E-state index in [2.05, 4.69) is 190 Å². The average Bonchev–Trinajstić information content (AvgIpc) is 3.07. The lowest BCUT2D eigenvalue weighted by atomic mass is 10.0. The summed E-state index contributed by atoms with van der Waals surface area (Å²) in [7, 11) is -9.49. The summed E-state index contributed by atoms with van der Waals surface area (Å²) < 4.78 is 30.3. The summed E-state index contributed by atoms with van der Waals surface area (Å²) in [5.41, 5.74) is 6.82. The molecule has 0 saturated heterocycles. The van der Waals surface area contributed by atoms with Crippen molar-refractivity contribution < 1.29 is 17.7 Å². The van der Waals surface area contributed by atoms with Gasteiger partial charge in [0.25, 0.3) is 33.3 Å². The summed E-state index contributed by atoms with van der Waals surface area (Å²) in [6.45, 7) is 66.0. The molecule has 8 heteroatoms. The van der Waals surface area contributed by atoms with Crippen LogP contribution in [0.1, 0.15) is 177 Å². The van der Waals surface area contributed by atoms with Crippen LogP contribution in [0.25, 0.3) is 22.3 Å². The lowest BCUT2D eigenvalue weighted by Gasteiger charge is -2.44. The first-order valence-electron chi connectivity index (χ1n) is 23.2. The molecule has 58 heavy (non-hydrogen) atoms. The first-order chi connectivity index (χ1) is 26.5. The average molecular weight is 870 g/mol. The predicted octanol–water partition coefficient (Wildman–Crippen LogP) is 18.3. The van der Waals surface area contributed by atoms with Crippen molar-refractivity contribution in [2.75, 3.05) is 0 Å². The summed E-state index contributed by atoms with van der Waals surface area (Å²) in [4.78, 5) is 0. The number of fused-ring (bicyclic) bond motifs is 1. The standard InChI is InChI=1S/C50H92O4Si4/c1-31(2)55(32(3)4,33(5)6)51-43(25)45-27-47-28-46(44(26)52-56(34(7)8,35(9)10)36(11)12)30-49(54-58(40(19)20,41(21)22)42(23)24)50(47)48(29-45)53-57(37(13)14,38(15)16)39(17)18/h27-42H,25-26H2,1-24H3. The van der Waals surface area contributed by atoms with Crippen LogP contribution in [0.5, 0.6) is 11.5 Å². The van der Waals surface area contributed by atoms with Crippen molar-refractivity contribution >= 4 is 55.6 Å². The number of hydrogen-bond donors (Lipinski definition) is 0. The van der Waals surface area contributed by atoms with Crippen molar-refractivity contribution in [2.45, 2.75) is 233 Å². The summed E-state index contributed by atoms with van der Waals surface area (Å²) >= 11 is 0. The van der Waals surface area contributed by atoms with Crippen molar-refractivity contribution in [1.29, 1.82) is 0 Å². The zero-order valence-electron chi connectivity index (χ0n) is 42.3. The molecule has 0 fully saturated rings. The lowest BCUT2D eigenvalue weighted by molar-refractivity contribution is 0.444. The van der Waals surface area contributed by atoms with Crippen molar-refractivity contribution in [1.82, 2.24) is 0 Å². The first-order valence-corrected chi connectivity index (χ1v) is 31.8. The molecule has 2 rings (SSSR count). The third-order valence-electron chi connectivity index (χ3n) is 14.6. The lowest BCUT2D eigenvalue weighted by Crippen LogP contribution is -2.51. The number of benzene rings is 2. The topological polar surface area (TPSA) is 36.9 Å². The molecule has 0 amide bonds. The Balaban J connectivity index is 3.35. The smallest absolute Gasteiger partial charge is 0.258 e. The number of rotatable bonds is 22. The van der Waals surface area contributed by atoms with E-state index in [-0.39, 0.29) is 0 Å². The molecule has 2 aromatic rings. The maximum absolute atomic E-state index is 7.82. The van der Waals surface area contributed by atoms with Gasteiger partial charge in [0.15, 0.2) is 0 Å². The van der Waals surface area contributed by atoms with Crippen molar-refractivity contribution in [3.8, 4) is 11.5 Å². The summed E-state index contributed by atoms with van der Waals surface area (Å²) in [6.07, 6.45) is 0. The van der Waals surface area contributed by atoms with E-state index in [1.54, 1.807) is 0 Å². The fourth-order valence-corrected chi connectivity index (χ4v) is 33.3. The fraction of sp³-hybridized carbons (Fsp3) is 0.720. The second-order valence-electron chi connectivity index (χ2n) is 21.6. The van der Waals surface area contributed by atoms with Crippen LogP contribution >= 0.6 is 0 Å². The molecule has 0 heterocycles. The molecule has 0 N–H and O–H groups in total. The van der Waals surface area contributed by atoms with Gasteiger partial charge in [0.05, 0.1) is 5.39 Å². The van der Waals surface area contributed by atoms with Gasteiger partial charge in [-0.2, -0.15) is 0 Å². The molecule has 0 saturated carbocycles. The minimum absolute atomic E-state index is 0.391. The van der Waals surface area contributed by atoms with Crippen LogP contribution in [-0.2, 0) is 8.85 Å². The van der Waals surface area contributed by atoms with Crippen molar-refractivity contribution in [3.05, 3.63) is 48.6 Å². The van der Waals surface area contributed by atoms with Crippen molar-refractivity contribution in [2.24, 2.45) is 0 Å². The van der Waals surface area contributed by atoms with Crippen LogP contribution in [0.2, 0.25) is 66.5 Å². The van der Waals surface area contributed by atoms with Crippen LogP contribution < -0.4 is 8.85 Å². The highest BCUT2D eigenvalue weighted by Crippen LogP contribution is 2.52. The zero-order valence-corrected chi connectivity index (χ0v) is 46.3. The molecular weight excluding hydrogens is 777 g/mol. The summed E-state index contributed by atoms with van der Waals surface area (Å²) in [5, 5.41) is 2.11. The van der Waals surface area contributed by atoms with E-state index in [1.807, 2.05) is 0 Å². The normalized spacial score (nSPS) is 13.8. The van der Waals surface area contributed by atoms with Crippen LogP contribution in [0.4, 0.5) is 0 Å². The minimum Gasteiger partial charge on any atom is -0.543 e. The van der Waals surface area contributed by atoms with Gasteiger partial charge in [0.1, 0.15) is 23.0 Å². The molecule has 0 aliphatic carbocycles.